The molecule has 4 N–H and O–H groups in total. The summed E-state index contributed by atoms with van der Waals surface area (Å²) in [4.78, 5) is 11.1. The van der Waals surface area contributed by atoms with Crippen molar-refractivity contribution in [2.24, 2.45) is 0 Å². The van der Waals surface area contributed by atoms with E-state index in [0.29, 0.717) is 10.7 Å². The first kappa shape index (κ1) is 13.2. The highest BCUT2D eigenvalue weighted by atomic mass is 35.5. The van der Waals surface area contributed by atoms with E-state index >= 15 is 0 Å². The molecule has 0 aliphatic rings. The maximum Gasteiger partial charge on any atom is 0.337 e. The smallest absolute Gasteiger partial charge is 0.337 e. The molecule has 98 valence electrons. The van der Waals surface area contributed by atoms with E-state index in [0.717, 1.165) is 0 Å². The molecule has 6 heteroatoms. The van der Waals surface area contributed by atoms with Crippen LogP contribution in [0.25, 0.3) is 0 Å². The van der Waals surface area contributed by atoms with Crippen LogP contribution in [0.3, 0.4) is 0 Å². The molecule has 0 fully saturated rings. The molecule has 0 aliphatic carbocycles. The molecule has 2 aromatic carbocycles. The molecule has 0 radical (unpaired) electrons. The maximum atomic E-state index is 13.6. The van der Waals surface area contributed by atoms with Crippen LogP contribution in [0.2, 0.25) is 5.02 Å². The van der Waals surface area contributed by atoms with Crippen molar-refractivity contribution in [1.82, 2.24) is 0 Å². The third-order valence-corrected chi connectivity index (χ3v) is 2.71. The highest BCUT2D eigenvalue weighted by Crippen LogP contribution is 2.27. The fourth-order valence-corrected chi connectivity index (χ4v) is 1.76. The second-order valence-corrected chi connectivity index (χ2v) is 4.30. The van der Waals surface area contributed by atoms with Crippen LogP contribution in [-0.2, 0) is 0 Å². The molecule has 0 saturated carbocycles. The predicted molar refractivity (Wildman–Crippen MR) is 72.5 cm³/mol. The van der Waals surface area contributed by atoms with E-state index in [1.54, 1.807) is 0 Å². The highest BCUT2D eigenvalue weighted by Gasteiger charge is 2.12. The number of nitrogens with one attached hydrogen (secondary N) is 1. The van der Waals surface area contributed by atoms with Crippen molar-refractivity contribution in [3.63, 3.8) is 0 Å². The summed E-state index contributed by atoms with van der Waals surface area (Å²) in [5.74, 6) is -1.69. The number of carboxylic acids is 1. The molecule has 0 aliphatic heterocycles. The minimum Gasteiger partial charge on any atom is -0.478 e. The Balaban J connectivity index is 2.43. The lowest BCUT2D eigenvalue weighted by atomic mass is 10.1. The Hall–Kier alpha value is -2.27. The summed E-state index contributed by atoms with van der Waals surface area (Å²) in [6.07, 6.45) is 0. The van der Waals surface area contributed by atoms with Gasteiger partial charge in [-0.05, 0) is 36.4 Å². The number of benzene rings is 2. The molecular weight excluding hydrogens is 271 g/mol. The Morgan fingerprint density at radius 1 is 1.21 bits per heavy atom. The predicted octanol–water partition coefficient (Wildman–Crippen LogP) is 3.50. The number of anilines is 3. The molecule has 0 heterocycles. The van der Waals surface area contributed by atoms with Crippen molar-refractivity contribution in [1.29, 1.82) is 0 Å². The quantitative estimate of drug-likeness (QED) is 0.752. The Bertz CT molecular complexity index is 647. The van der Waals surface area contributed by atoms with Crippen molar-refractivity contribution in [3.8, 4) is 0 Å². The van der Waals surface area contributed by atoms with E-state index in [2.05, 4.69) is 5.32 Å². The maximum absolute atomic E-state index is 13.6. The van der Waals surface area contributed by atoms with Crippen molar-refractivity contribution >= 4 is 34.6 Å². The summed E-state index contributed by atoms with van der Waals surface area (Å²) >= 11 is 5.77. The summed E-state index contributed by atoms with van der Waals surface area (Å²) in [6.45, 7) is 0. The average Bonchev–Trinajstić information content (AvgIpc) is 2.35. The number of nitrogens with two attached hydrogens (primary N) is 1. The topological polar surface area (TPSA) is 75.3 Å². The lowest BCUT2D eigenvalue weighted by Gasteiger charge is -2.11. The molecule has 0 aromatic heterocycles. The van der Waals surface area contributed by atoms with Gasteiger partial charge in [0.25, 0.3) is 0 Å². The number of carbonyl (C=O) groups is 1. The van der Waals surface area contributed by atoms with Gasteiger partial charge in [-0.2, -0.15) is 0 Å². The normalized spacial score (nSPS) is 10.2. The Labute approximate surface area is 113 Å². The zero-order chi connectivity index (χ0) is 14.0. The van der Waals surface area contributed by atoms with Gasteiger partial charge in [0.05, 0.1) is 16.9 Å². The van der Waals surface area contributed by atoms with E-state index in [-0.39, 0.29) is 16.9 Å². The summed E-state index contributed by atoms with van der Waals surface area (Å²) in [7, 11) is 0. The standard InChI is InChI=1S/C13H10ClFN2O2/c14-7-1-3-10(15)12(5-7)17-11-4-2-8(16)6-9(11)13(18)19/h1-6,17H,16H2,(H,18,19). The number of aromatic carboxylic acids is 1. The van der Waals surface area contributed by atoms with Crippen LogP contribution in [0.4, 0.5) is 21.5 Å². The van der Waals surface area contributed by atoms with E-state index in [1.807, 2.05) is 0 Å². The molecular formula is C13H10ClFN2O2. The van der Waals surface area contributed by atoms with Gasteiger partial charge in [-0.15, -0.1) is 0 Å². The Morgan fingerprint density at radius 2 is 1.95 bits per heavy atom. The molecule has 0 saturated heterocycles. The van der Waals surface area contributed by atoms with Gasteiger partial charge < -0.3 is 16.2 Å². The lowest BCUT2D eigenvalue weighted by molar-refractivity contribution is 0.0698. The SMILES string of the molecule is Nc1ccc(Nc2cc(Cl)ccc2F)c(C(=O)O)c1. The minimum absolute atomic E-state index is 0.0422. The molecule has 0 atom stereocenters. The third-order valence-electron chi connectivity index (χ3n) is 2.47. The van der Waals surface area contributed by atoms with Gasteiger partial charge in [0.2, 0.25) is 0 Å². The second kappa shape index (κ2) is 5.16. The molecule has 19 heavy (non-hydrogen) atoms. The van der Waals surface area contributed by atoms with Crippen LogP contribution in [-0.4, -0.2) is 11.1 Å². The van der Waals surface area contributed by atoms with Crippen LogP contribution in [0.1, 0.15) is 10.4 Å². The number of rotatable bonds is 3. The van der Waals surface area contributed by atoms with Crippen LogP contribution < -0.4 is 11.1 Å². The van der Waals surface area contributed by atoms with Crippen LogP contribution in [0, 0.1) is 5.82 Å². The van der Waals surface area contributed by atoms with Crippen molar-refractivity contribution < 1.29 is 14.3 Å². The van der Waals surface area contributed by atoms with E-state index < -0.39 is 11.8 Å². The van der Waals surface area contributed by atoms with Crippen molar-refractivity contribution in [3.05, 3.63) is 52.8 Å². The number of carboxylic acid groups (broad SMARTS) is 1. The van der Waals surface area contributed by atoms with Crippen molar-refractivity contribution in [2.45, 2.75) is 0 Å². The Morgan fingerprint density at radius 3 is 2.63 bits per heavy atom. The molecule has 2 aromatic rings. The number of nitrogen functional groups attached to an aromatic ring is 1. The zero-order valence-corrected chi connectivity index (χ0v) is 10.4. The molecule has 0 unspecified atom stereocenters. The summed E-state index contributed by atoms with van der Waals surface area (Å²) in [5, 5.41) is 12.1. The average molecular weight is 281 g/mol. The van der Waals surface area contributed by atoms with Crippen LogP contribution in [0.5, 0.6) is 0 Å². The number of halogens is 2. The molecule has 0 spiro atoms. The van der Waals surface area contributed by atoms with Gasteiger partial charge >= 0.3 is 5.97 Å². The first-order valence-electron chi connectivity index (χ1n) is 5.32. The highest BCUT2D eigenvalue weighted by molar-refractivity contribution is 6.30. The largest absolute Gasteiger partial charge is 0.478 e. The van der Waals surface area contributed by atoms with Gasteiger partial charge in [-0.1, -0.05) is 11.6 Å². The minimum atomic E-state index is -1.16. The Kier molecular flexibility index (Phi) is 3.57. The van der Waals surface area contributed by atoms with Gasteiger partial charge in [0.15, 0.2) is 0 Å². The van der Waals surface area contributed by atoms with Crippen molar-refractivity contribution in [2.75, 3.05) is 11.1 Å². The molecule has 2 rings (SSSR count). The van der Waals surface area contributed by atoms with Gasteiger partial charge in [-0.3, -0.25) is 0 Å². The second-order valence-electron chi connectivity index (χ2n) is 3.86. The number of hydrogen-bond acceptors (Lipinski definition) is 3. The molecule has 0 amide bonds. The first-order valence-corrected chi connectivity index (χ1v) is 5.70. The van der Waals surface area contributed by atoms with Gasteiger partial charge in [0.1, 0.15) is 5.82 Å². The first-order chi connectivity index (χ1) is 8.97. The molecule has 0 bridgehead atoms. The van der Waals surface area contributed by atoms with Gasteiger partial charge in [0, 0.05) is 10.7 Å². The van der Waals surface area contributed by atoms with E-state index in [1.165, 1.54) is 36.4 Å². The summed E-state index contributed by atoms with van der Waals surface area (Å²) in [5.41, 5.74) is 6.13. The number of hydrogen-bond donors (Lipinski definition) is 3. The fraction of sp³-hybridized carbons (Fsp3) is 0. The van der Waals surface area contributed by atoms with Gasteiger partial charge in [-0.25, -0.2) is 9.18 Å². The van der Waals surface area contributed by atoms with Crippen LogP contribution in [0.15, 0.2) is 36.4 Å². The fourth-order valence-electron chi connectivity index (χ4n) is 1.59. The van der Waals surface area contributed by atoms with E-state index in [9.17, 15) is 9.18 Å². The zero-order valence-electron chi connectivity index (χ0n) is 9.65. The monoisotopic (exact) mass is 280 g/mol. The lowest BCUT2D eigenvalue weighted by Crippen LogP contribution is -2.04. The van der Waals surface area contributed by atoms with E-state index in [4.69, 9.17) is 22.4 Å². The molecule has 4 nitrogen and oxygen atoms in total. The van der Waals surface area contributed by atoms with Crippen LogP contribution >= 0.6 is 11.6 Å². The third kappa shape index (κ3) is 2.95. The summed E-state index contributed by atoms with van der Waals surface area (Å²) in [6, 6.07) is 8.27. The summed E-state index contributed by atoms with van der Waals surface area (Å²) < 4.78 is 13.6.